The van der Waals surface area contributed by atoms with Gasteiger partial charge in [-0.1, -0.05) is 41.4 Å². The number of hydrogen-bond acceptors (Lipinski definition) is 4. The van der Waals surface area contributed by atoms with Gasteiger partial charge >= 0.3 is 0 Å². The lowest BCUT2D eigenvalue weighted by Gasteiger charge is -2.13. The van der Waals surface area contributed by atoms with E-state index >= 15 is 0 Å². The highest BCUT2D eigenvalue weighted by atomic mass is 35.5. The number of aromatic nitrogens is 1. The number of carbonyl (C=O) groups is 1. The van der Waals surface area contributed by atoms with Crippen LogP contribution in [0.25, 0.3) is 0 Å². The molecule has 1 saturated heterocycles. The topological polar surface area (TPSA) is 60.5 Å². The Labute approximate surface area is 149 Å². The third-order valence-electron chi connectivity index (χ3n) is 3.63. The minimum absolute atomic E-state index is 0.0464. The average molecular weight is 367 g/mol. The van der Waals surface area contributed by atoms with E-state index in [1.165, 1.54) is 6.20 Å². The number of nitrogens with one attached hydrogen (secondary N) is 1. The molecule has 1 N–H and O–H groups in total. The summed E-state index contributed by atoms with van der Waals surface area (Å²) >= 11 is 12.2. The second-order valence-electron chi connectivity index (χ2n) is 5.39. The lowest BCUT2D eigenvalue weighted by molar-refractivity contribution is 0.0950. The van der Waals surface area contributed by atoms with Gasteiger partial charge in [0.15, 0.2) is 0 Å². The first-order valence-corrected chi connectivity index (χ1v) is 8.30. The van der Waals surface area contributed by atoms with E-state index in [2.05, 4.69) is 10.3 Å². The van der Waals surface area contributed by atoms with E-state index in [1.54, 1.807) is 12.1 Å². The molecule has 3 rings (SSSR count). The number of pyridine rings is 1. The Balaban J connectivity index is 1.62. The van der Waals surface area contributed by atoms with Crippen molar-refractivity contribution in [3.63, 3.8) is 0 Å². The van der Waals surface area contributed by atoms with Crippen molar-refractivity contribution in [3.8, 4) is 5.88 Å². The molecule has 0 aliphatic carbocycles. The van der Waals surface area contributed by atoms with Crippen LogP contribution in [-0.2, 0) is 11.3 Å². The molecule has 1 aromatic heterocycles. The highest BCUT2D eigenvalue weighted by molar-refractivity contribution is 6.32. The number of amides is 1. The molecule has 1 amide bonds. The Morgan fingerprint density at radius 2 is 2.17 bits per heavy atom. The van der Waals surface area contributed by atoms with Gasteiger partial charge in [0, 0.05) is 24.2 Å². The van der Waals surface area contributed by atoms with Crippen molar-refractivity contribution in [1.82, 2.24) is 10.3 Å². The maximum atomic E-state index is 12.2. The minimum atomic E-state index is -0.278. The zero-order chi connectivity index (χ0) is 16.9. The Hall–Kier alpha value is -1.82. The first kappa shape index (κ1) is 17.0. The highest BCUT2D eigenvalue weighted by Gasteiger charge is 2.20. The smallest absolute Gasteiger partial charge is 0.253 e. The molecule has 7 heteroatoms. The van der Waals surface area contributed by atoms with Gasteiger partial charge in [0.1, 0.15) is 11.1 Å². The van der Waals surface area contributed by atoms with Gasteiger partial charge in [0.05, 0.1) is 18.8 Å². The number of rotatable bonds is 5. The van der Waals surface area contributed by atoms with Crippen LogP contribution >= 0.6 is 23.2 Å². The molecule has 1 aliphatic rings. The zero-order valence-electron chi connectivity index (χ0n) is 12.8. The molecule has 0 bridgehead atoms. The number of nitrogens with zero attached hydrogens (tertiary/aromatic N) is 1. The summed E-state index contributed by atoms with van der Waals surface area (Å²) in [6.07, 6.45) is 2.20. The fraction of sp³-hybridized carbons (Fsp3) is 0.294. The minimum Gasteiger partial charge on any atom is -0.471 e. The highest BCUT2D eigenvalue weighted by Crippen LogP contribution is 2.25. The van der Waals surface area contributed by atoms with Crippen LogP contribution in [0.15, 0.2) is 36.5 Å². The molecule has 0 spiro atoms. The Morgan fingerprint density at radius 3 is 2.88 bits per heavy atom. The first-order valence-electron chi connectivity index (χ1n) is 7.55. The number of carbonyl (C=O) groups excluding carboxylic acids is 1. The van der Waals surface area contributed by atoms with Gasteiger partial charge in [-0.05, 0) is 17.7 Å². The predicted octanol–water partition coefficient (Wildman–Crippen LogP) is 3.49. The van der Waals surface area contributed by atoms with Crippen LogP contribution in [0.5, 0.6) is 5.88 Å². The lowest BCUT2D eigenvalue weighted by Crippen LogP contribution is -2.23. The normalized spacial score (nSPS) is 16.8. The zero-order valence-corrected chi connectivity index (χ0v) is 14.3. The van der Waals surface area contributed by atoms with Crippen LogP contribution in [0.4, 0.5) is 0 Å². The van der Waals surface area contributed by atoms with Crippen LogP contribution in [0.2, 0.25) is 10.0 Å². The molecule has 1 atom stereocenters. The van der Waals surface area contributed by atoms with Crippen LogP contribution in [0.3, 0.4) is 0 Å². The van der Waals surface area contributed by atoms with Crippen molar-refractivity contribution >= 4 is 29.1 Å². The van der Waals surface area contributed by atoms with E-state index in [1.807, 2.05) is 18.2 Å². The maximum absolute atomic E-state index is 12.2. The van der Waals surface area contributed by atoms with Crippen molar-refractivity contribution in [3.05, 3.63) is 57.7 Å². The van der Waals surface area contributed by atoms with E-state index < -0.39 is 0 Å². The van der Waals surface area contributed by atoms with Crippen molar-refractivity contribution in [2.45, 2.75) is 19.1 Å². The van der Waals surface area contributed by atoms with E-state index in [4.69, 9.17) is 32.7 Å². The second kappa shape index (κ2) is 7.83. The summed E-state index contributed by atoms with van der Waals surface area (Å²) in [7, 11) is 0. The van der Waals surface area contributed by atoms with Gasteiger partial charge < -0.3 is 14.8 Å². The number of benzene rings is 1. The molecule has 0 radical (unpaired) electrons. The molecule has 24 heavy (non-hydrogen) atoms. The molecular weight excluding hydrogens is 351 g/mol. The molecule has 1 aliphatic heterocycles. The quantitative estimate of drug-likeness (QED) is 0.879. The Kier molecular flexibility index (Phi) is 5.56. The maximum Gasteiger partial charge on any atom is 0.253 e. The average Bonchev–Trinajstić information content (AvgIpc) is 3.09. The molecule has 1 aromatic carbocycles. The van der Waals surface area contributed by atoms with Crippen molar-refractivity contribution < 1.29 is 14.3 Å². The van der Waals surface area contributed by atoms with Crippen LogP contribution in [-0.4, -0.2) is 30.2 Å². The third kappa shape index (κ3) is 4.17. The van der Waals surface area contributed by atoms with E-state index in [0.717, 1.165) is 12.0 Å². The third-order valence-corrected chi connectivity index (χ3v) is 4.27. The standard InChI is InChI=1S/C17H16Cl2N2O3/c18-14-4-2-1-3-11(14)8-20-16(22)12-7-15(19)17(21-9-12)24-13-5-6-23-10-13/h1-4,7,9,13H,5-6,8,10H2,(H,20,22)/t13-/m1/s1. The van der Waals surface area contributed by atoms with Gasteiger partial charge in [-0.2, -0.15) is 0 Å². The molecule has 2 heterocycles. The van der Waals surface area contributed by atoms with Gasteiger partial charge in [-0.3, -0.25) is 4.79 Å². The predicted molar refractivity (Wildman–Crippen MR) is 91.7 cm³/mol. The molecule has 0 saturated carbocycles. The summed E-state index contributed by atoms with van der Waals surface area (Å²) < 4.78 is 10.9. The SMILES string of the molecule is O=C(NCc1ccccc1Cl)c1cnc(O[C@@H]2CCOC2)c(Cl)c1. The first-order chi connectivity index (χ1) is 11.6. The summed E-state index contributed by atoms with van der Waals surface area (Å²) in [5, 5.41) is 3.70. The summed E-state index contributed by atoms with van der Waals surface area (Å²) in [4.78, 5) is 16.4. The Morgan fingerprint density at radius 1 is 1.33 bits per heavy atom. The Bertz CT molecular complexity index is 734. The molecule has 5 nitrogen and oxygen atoms in total. The molecule has 126 valence electrons. The van der Waals surface area contributed by atoms with Gasteiger partial charge in [-0.25, -0.2) is 4.98 Å². The van der Waals surface area contributed by atoms with Crippen molar-refractivity contribution in [2.24, 2.45) is 0 Å². The number of halogens is 2. The number of hydrogen-bond donors (Lipinski definition) is 1. The largest absolute Gasteiger partial charge is 0.471 e. The molecular formula is C17H16Cl2N2O3. The summed E-state index contributed by atoms with van der Waals surface area (Å²) in [6, 6.07) is 8.88. The molecule has 2 aromatic rings. The van der Waals surface area contributed by atoms with E-state index in [0.29, 0.717) is 41.2 Å². The summed E-state index contributed by atoms with van der Waals surface area (Å²) in [5.41, 5.74) is 1.20. The fourth-order valence-electron chi connectivity index (χ4n) is 2.32. The van der Waals surface area contributed by atoms with Gasteiger partial charge in [0.2, 0.25) is 5.88 Å². The van der Waals surface area contributed by atoms with E-state index in [-0.39, 0.29) is 12.0 Å². The summed E-state index contributed by atoms with van der Waals surface area (Å²) in [5.74, 6) is 0.0369. The second-order valence-corrected chi connectivity index (χ2v) is 6.20. The molecule has 0 unspecified atom stereocenters. The lowest BCUT2D eigenvalue weighted by atomic mass is 10.2. The number of ether oxygens (including phenoxy) is 2. The fourth-order valence-corrected chi connectivity index (χ4v) is 2.73. The van der Waals surface area contributed by atoms with Crippen molar-refractivity contribution in [2.75, 3.05) is 13.2 Å². The molecule has 1 fully saturated rings. The van der Waals surface area contributed by atoms with Gasteiger partial charge in [0.25, 0.3) is 5.91 Å². The summed E-state index contributed by atoms with van der Waals surface area (Å²) in [6.45, 7) is 1.52. The van der Waals surface area contributed by atoms with E-state index in [9.17, 15) is 4.79 Å². The van der Waals surface area contributed by atoms with Gasteiger partial charge in [-0.15, -0.1) is 0 Å². The van der Waals surface area contributed by atoms with Crippen LogP contribution < -0.4 is 10.1 Å². The monoisotopic (exact) mass is 366 g/mol. The van der Waals surface area contributed by atoms with Crippen LogP contribution in [0.1, 0.15) is 22.3 Å². The van der Waals surface area contributed by atoms with Crippen LogP contribution in [0, 0.1) is 0 Å². The van der Waals surface area contributed by atoms with Crippen molar-refractivity contribution in [1.29, 1.82) is 0 Å².